The molecule has 0 amide bonds. The summed E-state index contributed by atoms with van der Waals surface area (Å²) < 4.78 is 27.7. The van der Waals surface area contributed by atoms with E-state index in [1.165, 1.54) is 24.3 Å². The first-order valence-electron chi connectivity index (χ1n) is 13.0. The fourth-order valence-corrected chi connectivity index (χ4v) is 4.83. The van der Waals surface area contributed by atoms with Crippen molar-refractivity contribution in [1.29, 1.82) is 0 Å². The Balaban J connectivity index is 1.51. The number of hydrogen-bond acceptors (Lipinski definition) is 16. The van der Waals surface area contributed by atoms with Crippen LogP contribution in [0.1, 0.15) is 0 Å². The second kappa shape index (κ2) is 12.2. The van der Waals surface area contributed by atoms with E-state index in [4.69, 9.17) is 23.4 Å². The van der Waals surface area contributed by atoms with E-state index in [0.29, 0.717) is 0 Å². The van der Waals surface area contributed by atoms with Crippen LogP contribution in [0.25, 0.3) is 22.3 Å². The van der Waals surface area contributed by atoms with Crippen LogP contribution in [-0.2, 0) is 9.47 Å². The predicted molar refractivity (Wildman–Crippen MR) is 140 cm³/mol. The van der Waals surface area contributed by atoms with E-state index in [1.54, 1.807) is 0 Å². The Hall–Kier alpha value is -3.55. The van der Waals surface area contributed by atoms with Crippen molar-refractivity contribution in [2.45, 2.75) is 61.4 Å². The zero-order valence-electron chi connectivity index (χ0n) is 22.1. The highest BCUT2D eigenvalue weighted by Gasteiger charge is 2.46. The summed E-state index contributed by atoms with van der Waals surface area (Å²) in [4.78, 5) is 13.6. The summed E-state index contributed by atoms with van der Waals surface area (Å²) in [5.74, 6) is -1.91. The van der Waals surface area contributed by atoms with E-state index in [9.17, 15) is 55.9 Å². The Morgan fingerprint density at radius 1 is 0.698 bits per heavy atom. The number of aromatic hydroxyl groups is 2. The monoisotopic (exact) mass is 610 g/mol. The van der Waals surface area contributed by atoms with Crippen LogP contribution in [0.3, 0.4) is 0 Å². The number of ether oxygens (including phenoxy) is 4. The molecule has 0 saturated carbocycles. The van der Waals surface area contributed by atoms with Crippen LogP contribution in [0.4, 0.5) is 0 Å². The summed E-state index contributed by atoms with van der Waals surface area (Å²) >= 11 is 0. The Kier molecular flexibility index (Phi) is 8.77. The average molecular weight is 611 g/mol. The van der Waals surface area contributed by atoms with Crippen molar-refractivity contribution < 1.29 is 74.4 Å². The van der Waals surface area contributed by atoms with Gasteiger partial charge in [0.2, 0.25) is 23.8 Å². The molecule has 2 saturated heterocycles. The predicted octanol–water partition coefficient (Wildman–Crippen LogP) is -2.77. The van der Waals surface area contributed by atoms with Gasteiger partial charge < -0.3 is 74.4 Å². The Morgan fingerprint density at radius 3 is 1.77 bits per heavy atom. The van der Waals surface area contributed by atoms with E-state index >= 15 is 0 Å². The average Bonchev–Trinajstić information content (AvgIpc) is 2.98. The Bertz CT molecular complexity index is 1490. The molecule has 0 aliphatic carbocycles. The van der Waals surface area contributed by atoms with Gasteiger partial charge in [0.25, 0.3) is 0 Å². The van der Waals surface area contributed by atoms with Crippen molar-refractivity contribution in [1.82, 2.24) is 0 Å². The van der Waals surface area contributed by atoms with Gasteiger partial charge in [0.15, 0.2) is 5.76 Å². The van der Waals surface area contributed by atoms with Crippen molar-refractivity contribution >= 4 is 11.0 Å². The topological polar surface area (TPSA) is 269 Å². The molecule has 3 heterocycles. The van der Waals surface area contributed by atoms with Crippen molar-refractivity contribution in [3.8, 4) is 34.3 Å². The molecule has 234 valence electrons. The highest BCUT2D eigenvalue weighted by molar-refractivity contribution is 5.88. The van der Waals surface area contributed by atoms with Crippen LogP contribution in [0.5, 0.6) is 23.0 Å². The third-order valence-electron chi connectivity index (χ3n) is 7.22. The molecule has 3 aromatic rings. The summed E-state index contributed by atoms with van der Waals surface area (Å²) in [7, 11) is 0. The lowest BCUT2D eigenvalue weighted by Gasteiger charge is -2.39. The van der Waals surface area contributed by atoms with E-state index < -0.39 is 103 Å². The number of benzene rings is 2. The molecule has 0 radical (unpaired) electrons. The minimum absolute atomic E-state index is 0.0721. The molecule has 10 N–H and O–H groups in total. The second-order valence-electron chi connectivity index (χ2n) is 10.1. The number of fused-ring (bicyclic) bond motifs is 1. The molecule has 16 nitrogen and oxygen atoms in total. The number of phenols is 2. The summed E-state index contributed by atoms with van der Waals surface area (Å²) in [5, 5.41) is 99.7. The van der Waals surface area contributed by atoms with E-state index in [1.807, 2.05) is 0 Å². The van der Waals surface area contributed by atoms with Crippen LogP contribution < -0.4 is 14.9 Å². The number of rotatable bonds is 7. The minimum atomic E-state index is -1.89. The van der Waals surface area contributed by atoms with Crippen LogP contribution in [0.2, 0.25) is 0 Å². The molecular weight excluding hydrogens is 580 g/mol. The summed E-state index contributed by atoms with van der Waals surface area (Å²) in [6.07, 6.45) is -16.2. The quantitative estimate of drug-likeness (QED) is 0.130. The molecule has 2 aliphatic rings. The van der Waals surface area contributed by atoms with Gasteiger partial charge in [-0.1, -0.05) is 0 Å². The maximum absolute atomic E-state index is 13.6. The van der Waals surface area contributed by atoms with Gasteiger partial charge in [-0.05, 0) is 24.3 Å². The van der Waals surface area contributed by atoms with Crippen LogP contribution in [-0.4, -0.2) is 126 Å². The van der Waals surface area contributed by atoms with Crippen molar-refractivity contribution in [2.24, 2.45) is 0 Å². The standard InChI is InChI=1S/C27H30O16/c28-7-14-17(32)20(35)22(37)26(41-14)39-11-3-1-9(2-4-11)24-25(19(34)16-12(31)5-10(30)6-13(16)40-24)43-27-23(38)21(36)18(33)15(8-29)42-27/h1-6,14-15,17-18,20-23,26-33,35-38H,7-8H2/t14-,15+,17-,18-,20+,21+,22-,23+,26-,27+/m1/s1. The molecule has 0 spiro atoms. The summed E-state index contributed by atoms with van der Waals surface area (Å²) in [5.41, 5.74) is -1.07. The Morgan fingerprint density at radius 2 is 1.23 bits per heavy atom. The molecule has 0 bridgehead atoms. The number of aliphatic hydroxyl groups excluding tert-OH is 8. The molecule has 10 atom stereocenters. The molecule has 2 aliphatic heterocycles. The minimum Gasteiger partial charge on any atom is -0.508 e. The first-order valence-corrected chi connectivity index (χ1v) is 13.0. The lowest BCUT2D eigenvalue weighted by Crippen LogP contribution is -2.60. The molecule has 1 aromatic heterocycles. The van der Waals surface area contributed by atoms with E-state index in [0.717, 1.165) is 12.1 Å². The second-order valence-corrected chi connectivity index (χ2v) is 10.1. The number of phenolic OH excluding ortho intramolecular Hbond substituents is 2. The fourth-order valence-electron chi connectivity index (χ4n) is 4.83. The highest BCUT2D eigenvalue weighted by Crippen LogP contribution is 2.38. The van der Waals surface area contributed by atoms with Crippen molar-refractivity contribution in [2.75, 3.05) is 13.2 Å². The number of aliphatic hydroxyl groups is 8. The molecule has 2 aromatic carbocycles. The molecule has 5 rings (SSSR count). The van der Waals surface area contributed by atoms with E-state index in [2.05, 4.69) is 0 Å². The molecule has 0 unspecified atom stereocenters. The summed E-state index contributed by atoms with van der Waals surface area (Å²) in [6.45, 7) is -1.42. The maximum Gasteiger partial charge on any atom is 0.239 e. The normalized spacial score (nSPS) is 32.9. The molecule has 2 fully saturated rings. The maximum atomic E-state index is 13.6. The highest BCUT2D eigenvalue weighted by atomic mass is 16.7. The molecular formula is C27H30O16. The lowest BCUT2D eigenvalue weighted by atomic mass is 9.99. The third kappa shape index (κ3) is 5.73. The van der Waals surface area contributed by atoms with Gasteiger partial charge in [0.05, 0.1) is 13.2 Å². The van der Waals surface area contributed by atoms with Crippen LogP contribution >= 0.6 is 0 Å². The van der Waals surface area contributed by atoms with Crippen molar-refractivity contribution in [3.63, 3.8) is 0 Å². The Labute approximate surface area is 241 Å². The SMILES string of the molecule is O=c1c(O[C@@H]2O[C@@H](CO)[C@@H](O)[C@H](O)[C@@H]2O)c(-c2ccc(O[C@@H]3O[C@H](CO)[C@@H](O)[C@H](O)[C@H]3O)cc2)oc2cc(O)cc(O)c12. The van der Waals surface area contributed by atoms with Gasteiger partial charge in [0.1, 0.15) is 77.0 Å². The van der Waals surface area contributed by atoms with Gasteiger partial charge in [-0.3, -0.25) is 4.79 Å². The van der Waals surface area contributed by atoms with Gasteiger partial charge >= 0.3 is 0 Å². The van der Waals surface area contributed by atoms with Crippen LogP contribution in [0.15, 0.2) is 45.6 Å². The molecule has 43 heavy (non-hydrogen) atoms. The lowest BCUT2D eigenvalue weighted by molar-refractivity contribution is -0.277. The van der Waals surface area contributed by atoms with Gasteiger partial charge in [-0.15, -0.1) is 0 Å². The van der Waals surface area contributed by atoms with E-state index in [-0.39, 0.29) is 22.7 Å². The van der Waals surface area contributed by atoms with Crippen molar-refractivity contribution in [3.05, 3.63) is 46.6 Å². The smallest absolute Gasteiger partial charge is 0.239 e. The fraction of sp³-hybridized carbons (Fsp3) is 0.444. The summed E-state index contributed by atoms with van der Waals surface area (Å²) in [6, 6.07) is 7.38. The number of hydrogen-bond donors (Lipinski definition) is 10. The van der Waals surface area contributed by atoms with Crippen LogP contribution in [0, 0.1) is 0 Å². The molecule has 16 heteroatoms. The largest absolute Gasteiger partial charge is 0.508 e. The van der Waals surface area contributed by atoms with Gasteiger partial charge in [-0.2, -0.15) is 0 Å². The van der Waals surface area contributed by atoms with Gasteiger partial charge in [-0.25, -0.2) is 0 Å². The zero-order chi connectivity index (χ0) is 31.2. The first-order chi connectivity index (χ1) is 20.4. The third-order valence-corrected chi connectivity index (χ3v) is 7.22. The first kappa shape index (κ1) is 30.9. The zero-order valence-corrected chi connectivity index (χ0v) is 22.1. The van der Waals surface area contributed by atoms with Gasteiger partial charge in [0, 0.05) is 17.7 Å².